The van der Waals surface area contributed by atoms with Crippen LogP contribution in [0.2, 0.25) is 0 Å². The fraction of sp³-hybridized carbons (Fsp3) is 0.500. The van der Waals surface area contributed by atoms with Gasteiger partial charge in [-0.3, -0.25) is 4.79 Å². The highest BCUT2D eigenvalue weighted by molar-refractivity contribution is 5.66. The predicted octanol–water partition coefficient (Wildman–Crippen LogP) is 1.93. The SMILES string of the molecule is O=C(O)CCCc1ccc(N2CCOCC2)cc1. The minimum Gasteiger partial charge on any atom is -0.481 e. The van der Waals surface area contributed by atoms with Gasteiger partial charge in [0.1, 0.15) is 0 Å². The van der Waals surface area contributed by atoms with Crippen molar-refractivity contribution >= 4 is 11.7 Å². The van der Waals surface area contributed by atoms with Gasteiger partial charge in [-0.2, -0.15) is 0 Å². The zero-order chi connectivity index (χ0) is 12.8. The maximum absolute atomic E-state index is 10.4. The summed E-state index contributed by atoms with van der Waals surface area (Å²) in [4.78, 5) is 12.7. The molecule has 1 saturated heterocycles. The number of hydrogen-bond donors (Lipinski definition) is 1. The van der Waals surface area contributed by atoms with Crippen LogP contribution in [0.5, 0.6) is 0 Å². The van der Waals surface area contributed by atoms with Crippen LogP contribution in [0.25, 0.3) is 0 Å². The van der Waals surface area contributed by atoms with E-state index in [1.165, 1.54) is 11.3 Å². The quantitative estimate of drug-likeness (QED) is 0.866. The van der Waals surface area contributed by atoms with Crippen molar-refractivity contribution in [1.82, 2.24) is 0 Å². The van der Waals surface area contributed by atoms with Gasteiger partial charge in [-0.25, -0.2) is 0 Å². The van der Waals surface area contributed by atoms with Gasteiger partial charge in [-0.1, -0.05) is 12.1 Å². The van der Waals surface area contributed by atoms with Gasteiger partial charge in [0, 0.05) is 25.2 Å². The van der Waals surface area contributed by atoms with Crippen molar-refractivity contribution in [3.8, 4) is 0 Å². The first-order chi connectivity index (χ1) is 8.75. The van der Waals surface area contributed by atoms with Crippen LogP contribution in [0.1, 0.15) is 18.4 Å². The molecule has 0 atom stereocenters. The Bertz CT molecular complexity index is 383. The number of carboxylic acid groups (broad SMARTS) is 1. The average molecular weight is 249 g/mol. The first-order valence-electron chi connectivity index (χ1n) is 6.39. The molecule has 18 heavy (non-hydrogen) atoms. The highest BCUT2D eigenvalue weighted by atomic mass is 16.5. The predicted molar refractivity (Wildman–Crippen MR) is 70.0 cm³/mol. The van der Waals surface area contributed by atoms with Crippen molar-refractivity contribution in [1.29, 1.82) is 0 Å². The molecule has 1 aromatic rings. The van der Waals surface area contributed by atoms with E-state index in [1.807, 2.05) is 0 Å². The molecule has 0 amide bonds. The molecule has 0 aromatic heterocycles. The first-order valence-corrected chi connectivity index (χ1v) is 6.39. The van der Waals surface area contributed by atoms with E-state index in [0.717, 1.165) is 32.7 Å². The van der Waals surface area contributed by atoms with Crippen LogP contribution in [0.15, 0.2) is 24.3 Å². The summed E-state index contributed by atoms with van der Waals surface area (Å²) in [5, 5.41) is 8.59. The Hall–Kier alpha value is -1.55. The molecule has 1 aromatic carbocycles. The van der Waals surface area contributed by atoms with Gasteiger partial charge in [0.25, 0.3) is 0 Å². The number of nitrogens with zero attached hydrogens (tertiary/aromatic N) is 1. The molecular formula is C14H19NO3. The molecule has 0 bridgehead atoms. The smallest absolute Gasteiger partial charge is 0.303 e. The molecule has 0 saturated carbocycles. The van der Waals surface area contributed by atoms with E-state index in [2.05, 4.69) is 29.2 Å². The Balaban J connectivity index is 1.86. The lowest BCUT2D eigenvalue weighted by atomic mass is 10.1. The van der Waals surface area contributed by atoms with Gasteiger partial charge in [-0.05, 0) is 30.5 Å². The van der Waals surface area contributed by atoms with Gasteiger partial charge in [-0.15, -0.1) is 0 Å². The summed E-state index contributed by atoms with van der Waals surface area (Å²) in [6, 6.07) is 8.40. The van der Waals surface area contributed by atoms with E-state index in [-0.39, 0.29) is 6.42 Å². The molecule has 1 heterocycles. The summed E-state index contributed by atoms with van der Waals surface area (Å²) in [5.74, 6) is -0.722. The summed E-state index contributed by atoms with van der Waals surface area (Å²) >= 11 is 0. The Morgan fingerprint density at radius 2 is 1.89 bits per heavy atom. The number of ether oxygens (including phenoxy) is 1. The number of morpholine rings is 1. The zero-order valence-corrected chi connectivity index (χ0v) is 10.5. The topological polar surface area (TPSA) is 49.8 Å². The van der Waals surface area contributed by atoms with E-state index in [1.54, 1.807) is 0 Å². The number of rotatable bonds is 5. The Morgan fingerprint density at radius 3 is 2.50 bits per heavy atom. The fourth-order valence-corrected chi connectivity index (χ4v) is 2.14. The molecule has 98 valence electrons. The summed E-state index contributed by atoms with van der Waals surface area (Å²) in [6.45, 7) is 3.47. The molecule has 1 aliphatic heterocycles. The molecule has 1 aliphatic rings. The lowest BCUT2D eigenvalue weighted by molar-refractivity contribution is -0.137. The third kappa shape index (κ3) is 3.74. The molecule has 0 radical (unpaired) electrons. The standard InChI is InChI=1S/C14H19NO3/c16-14(17)3-1-2-12-4-6-13(7-5-12)15-8-10-18-11-9-15/h4-7H,1-3,8-11H2,(H,16,17). The summed E-state index contributed by atoms with van der Waals surface area (Å²) in [7, 11) is 0. The minimum absolute atomic E-state index is 0.241. The number of aliphatic carboxylic acids is 1. The van der Waals surface area contributed by atoms with Gasteiger partial charge < -0.3 is 14.7 Å². The highest BCUT2D eigenvalue weighted by Crippen LogP contribution is 2.17. The van der Waals surface area contributed by atoms with Crippen LogP contribution in [0.3, 0.4) is 0 Å². The summed E-state index contributed by atoms with van der Waals surface area (Å²) in [5.41, 5.74) is 2.42. The van der Waals surface area contributed by atoms with Crippen molar-refractivity contribution in [2.45, 2.75) is 19.3 Å². The molecule has 0 spiro atoms. The fourth-order valence-electron chi connectivity index (χ4n) is 2.14. The Kier molecular flexibility index (Phi) is 4.59. The van der Waals surface area contributed by atoms with Crippen LogP contribution < -0.4 is 4.90 Å². The number of hydrogen-bond acceptors (Lipinski definition) is 3. The summed E-state index contributed by atoms with van der Waals surface area (Å²) < 4.78 is 5.32. The molecule has 1 fully saturated rings. The molecule has 4 nitrogen and oxygen atoms in total. The van der Waals surface area contributed by atoms with Crippen molar-refractivity contribution in [3.05, 3.63) is 29.8 Å². The second-order valence-corrected chi connectivity index (χ2v) is 4.51. The lowest BCUT2D eigenvalue weighted by Crippen LogP contribution is -2.36. The summed E-state index contributed by atoms with van der Waals surface area (Å²) in [6.07, 6.45) is 1.77. The molecular weight excluding hydrogens is 230 g/mol. The molecule has 4 heteroatoms. The molecule has 0 unspecified atom stereocenters. The van der Waals surface area contributed by atoms with Gasteiger partial charge in [0.15, 0.2) is 0 Å². The zero-order valence-electron chi connectivity index (χ0n) is 10.5. The van der Waals surface area contributed by atoms with E-state index in [0.29, 0.717) is 6.42 Å². The van der Waals surface area contributed by atoms with Crippen LogP contribution >= 0.6 is 0 Å². The normalized spacial score (nSPS) is 15.7. The van der Waals surface area contributed by atoms with Gasteiger partial charge in [0.05, 0.1) is 13.2 Å². The van der Waals surface area contributed by atoms with Crippen molar-refractivity contribution in [2.75, 3.05) is 31.2 Å². The third-order valence-corrected chi connectivity index (χ3v) is 3.17. The van der Waals surface area contributed by atoms with E-state index >= 15 is 0 Å². The number of benzene rings is 1. The second-order valence-electron chi connectivity index (χ2n) is 4.51. The molecule has 2 rings (SSSR count). The van der Waals surface area contributed by atoms with Crippen molar-refractivity contribution < 1.29 is 14.6 Å². The maximum Gasteiger partial charge on any atom is 0.303 e. The number of anilines is 1. The highest BCUT2D eigenvalue weighted by Gasteiger charge is 2.10. The minimum atomic E-state index is -0.722. The lowest BCUT2D eigenvalue weighted by Gasteiger charge is -2.28. The molecule has 1 N–H and O–H groups in total. The van der Waals surface area contributed by atoms with Crippen LogP contribution in [0, 0.1) is 0 Å². The van der Waals surface area contributed by atoms with Gasteiger partial charge in [0.2, 0.25) is 0 Å². The van der Waals surface area contributed by atoms with Crippen molar-refractivity contribution in [2.24, 2.45) is 0 Å². The van der Waals surface area contributed by atoms with Crippen LogP contribution in [-0.2, 0) is 16.0 Å². The van der Waals surface area contributed by atoms with E-state index in [4.69, 9.17) is 9.84 Å². The molecule has 0 aliphatic carbocycles. The van der Waals surface area contributed by atoms with Crippen LogP contribution in [0.4, 0.5) is 5.69 Å². The Morgan fingerprint density at radius 1 is 1.22 bits per heavy atom. The number of carboxylic acids is 1. The first kappa shape index (κ1) is 12.9. The van der Waals surface area contributed by atoms with Gasteiger partial charge >= 0.3 is 5.97 Å². The largest absolute Gasteiger partial charge is 0.481 e. The van der Waals surface area contributed by atoms with Crippen molar-refractivity contribution in [3.63, 3.8) is 0 Å². The Labute approximate surface area is 107 Å². The number of aryl methyl sites for hydroxylation is 1. The van der Waals surface area contributed by atoms with E-state index < -0.39 is 5.97 Å². The van der Waals surface area contributed by atoms with Crippen LogP contribution in [-0.4, -0.2) is 37.4 Å². The third-order valence-electron chi connectivity index (χ3n) is 3.17. The van der Waals surface area contributed by atoms with E-state index in [9.17, 15) is 4.79 Å². The maximum atomic E-state index is 10.4. The second kappa shape index (κ2) is 6.40. The number of carbonyl (C=O) groups is 1. The monoisotopic (exact) mass is 249 g/mol. The average Bonchev–Trinajstić information content (AvgIpc) is 2.40.